The van der Waals surface area contributed by atoms with E-state index in [1.54, 1.807) is 0 Å². The van der Waals surface area contributed by atoms with Gasteiger partial charge in [-0.05, 0) is 18.2 Å². The summed E-state index contributed by atoms with van der Waals surface area (Å²) in [7, 11) is 0. The molecular weight excluding hydrogens is 297 g/mol. The van der Waals surface area contributed by atoms with Crippen LogP contribution in [0.2, 0.25) is 5.02 Å². The first kappa shape index (κ1) is 13.6. The van der Waals surface area contributed by atoms with Crippen molar-refractivity contribution in [2.24, 2.45) is 0 Å². The summed E-state index contributed by atoms with van der Waals surface area (Å²) in [6.07, 6.45) is 0. The molecule has 0 bridgehead atoms. The van der Waals surface area contributed by atoms with Crippen molar-refractivity contribution in [3.8, 4) is 5.69 Å². The van der Waals surface area contributed by atoms with Crippen LogP contribution in [0.5, 0.6) is 0 Å². The van der Waals surface area contributed by atoms with Crippen LogP contribution in [-0.4, -0.2) is 31.6 Å². The summed E-state index contributed by atoms with van der Waals surface area (Å²) in [6.45, 7) is 0. The van der Waals surface area contributed by atoms with Gasteiger partial charge in [0.05, 0.1) is 16.5 Å². The molecule has 0 spiro atoms. The Morgan fingerprint density at radius 1 is 1.58 bits per heavy atom. The molecule has 2 aromatic rings. The zero-order valence-corrected chi connectivity index (χ0v) is 10.8. The van der Waals surface area contributed by atoms with Crippen molar-refractivity contribution in [3.05, 3.63) is 39.5 Å². The number of benzene rings is 1. The van der Waals surface area contributed by atoms with Crippen molar-refractivity contribution in [2.45, 2.75) is 5.16 Å². The molecule has 0 amide bonds. The lowest BCUT2D eigenvalue weighted by Crippen LogP contribution is -2.16. The minimum Gasteiger partial charge on any atom is -0.481 e. The van der Waals surface area contributed by atoms with E-state index in [-0.39, 0.29) is 21.6 Å². The van der Waals surface area contributed by atoms with Gasteiger partial charge in [-0.2, -0.15) is 0 Å². The second kappa shape index (κ2) is 5.45. The lowest BCUT2D eigenvalue weighted by Gasteiger charge is -2.06. The summed E-state index contributed by atoms with van der Waals surface area (Å²) in [6, 6.07) is 3.52. The number of carboxylic acid groups (broad SMARTS) is 1. The summed E-state index contributed by atoms with van der Waals surface area (Å²) in [4.78, 5) is 22.2. The number of hydrogen-bond acceptors (Lipinski definition) is 4. The first-order valence-corrected chi connectivity index (χ1v) is 6.33. The van der Waals surface area contributed by atoms with Gasteiger partial charge in [0.2, 0.25) is 0 Å². The number of nitrogens with one attached hydrogen (secondary N) is 1. The summed E-state index contributed by atoms with van der Waals surface area (Å²) < 4.78 is 14.1. The molecule has 2 N–H and O–H groups in total. The van der Waals surface area contributed by atoms with Crippen molar-refractivity contribution in [2.75, 3.05) is 5.75 Å². The maximum atomic E-state index is 13.0. The van der Waals surface area contributed by atoms with E-state index in [0.29, 0.717) is 0 Å². The Labute approximate surface area is 115 Å². The number of hydrogen-bond donors (Lipinski definition) is 2. The summed E-state index contributed by atoms with van der Waals surface area (Å²) in [5.41, 5.74) is -0.351. The van der Waals surface area contributed by atoms with E-state index in [9.17, 15) is 14.0 Å². The number of carbonyl (C=O) groups is 1. The number of aromatic amines is 1. The number of aromatic nitrogens is 3. The summed E-state index contributed by atoms with van der Waals surface area (Å²) in [5, 5.41) is 14.7. The highest BCUT2D eigenvalue weighted by molar-refractivity contribution is 7.99. The molecule has 0 radical (unpaired) electrons. The average Bonchev–Trinajstić information content (AvgIpc) is 2.68. The normalized spacial score (nSPS) is 10.6. The maximum Gasteiger partial charge on any atom is 0.348 e. The Morgan fingerprint density at radius 3 is 2.95 bits per heavy atom. The third kappa shape index (κ3) is 2.96. The highest BCUT2D eigenvalue weighted by Gasteiger charge is 2.15. The molecular formula is C10H7ClFN3O3S. The molecule has 9 heteroatoms. The van der Waals surface area contributed by atoms with Gasteiger partial charge in [0.1, 0.15) is 5.82 Å². The number of thioether (sulfide) groups is 1. The fraction of sp³-hybridized carbons (Fsp3) is 0.100. The summed E-state index contributed by atoms with van der Waals surface area (Å²) in [5.74, 6) is -1.84. The third-order valence-corrected chi connectivity index (χ3v) is 3.34. The van der Waals surface area contributed by atoms with Gasteiger partial charge in [-0.3, -0.25) is 4.79 Å². The monoisotopic (exact) mass is 303 g/mol. The van der Waals surface area contributed by atoms with Crippen molar-refractivity contribution in [1.29, 1.82) is 0 Å². The van der Waals surface area contributed by atoms with E-state index in [0.717, 1.165) is 28.5 Å². The second-order valence-corrected chi connectivity index (χ2v) is 4.77. The van der Waals surface area contributed by atoms with Crippen molar-refractivity contribution >= 4 is 29.3 Å². The molecule has 0 aliphatic carbocycles. The molecule has 1 heterocycles. The van der Waals surface area contributed by atoms with Gasteiger partial charge in [0.15, 0.2) is 5.16 Å². The molecule has 0 fully saturated rings. The standard InChI is InChI=1S/C10H7ClFN3O3S/c11-6-3-5(12)1-2-7(6)15-9(18)13-14-10(15)19-4-8(16)17/h1-3H,4H2,(H,13,18)(H,16,17). The smallest absolute Gasteiger partial charge is 0.348 e. The Balaban J connectivity index is 2.46. The van der Waals surface area contributed by atoms with Gasteiger partial charge in [0.25, 0.3) is 0 Å². The summed E-state index contributed by atoms with van der Waals surface area (Å²) >= 11 is 6.71. The molecule has 0 saturated carbocycles. The Kier molecular flexibility index (Phi) is 3.91. The van der Waals surface area contributed by atoms with E-state index in [4.69, 9.17) is 16.7 Å². The van der Waals surface area contributed by atoms with Crippen LogP contribution in [0.1, 0.15) is 0 Å². The minimum absolute atomic E-state index is 0.0284. The van der Waals surface area contributed by atoms with Crippen LogP contribution in [0.3, 0.4) is 0 Å². The van der Waals surface area contributed by atoms with Gasteiger partial charge in [0, 0.05) is 0 Å². The third-order valence-electron chi connectivity index (χ3n) is 2.12. The fourth-order valence-electron chi connectivity index (χ4n) is 1.38. The maximum absolute atomic E-state index is 13.0. The topological polar surface area (TPSA) is 88.0 Å². The molecule has 0 saturated heterocycles. The van der Waals surface area contributed by atoms with Crippen LogP contribution in [0.25, 0.3) is 5.69 Å². The first-order valence-electron chi connectivity index (χ1n) is 4.96. The zero-order valence-electron chi connectivity index (χ0n) is 9.26. The first-order chi connectivity index (χ1) is 8.99. The molecule has 6 nitrogen and oxygen atoms in total. The van der Waals surface area contributed by atoms with Crippen LogP contribution >= 0.6 is 23.4 Å². The number of rotatable bonds is 4. The zero-order chi connectivity index (χ0) is 14.0. The predicted molar refractivity (Wildman–Crippen MR) is 67.5 cm³/mol. The molecule has 100 valence electrons. The van der Waals surface area contributed by atoms with Crippen LogP contribution in [0.15, 0.2) is 28.2 Å². The minimum atomic E-state index is -1.04. The molecule has 0 aliphatic heterocycles. The van der Waals surface area contributed by atoms with E-state index in [1.807, 2.05) is 0 Å². The van der Waals surface area contributed by atoms with Gasteiger partial charge in [-0.15, -0.1) is 5.10 Å². The number of H-pyrrole nitrogens is 1. The van der Waals surface area contributed by atoms with Gasteiger partial charge >= 0.3 is 11.7 Å². The van der Waals surface area contributed by atoms with Crippen LogP contribution in [-0.2, 0) is 4.79 Å². The number of aliphatic carboxylic acids is 1. The lowest BCUT2D eigenvalue weighted by molar-refractivity contribution is -0.133. The number of halogens is 2. The second-order valence-electron chi connectivity index (χ2n) is 3.42. The van der Waals surface area contributed by atoms with E-state index < -0.39 is 17.5 Å². The highest BCUT2D eigenvalue weighted by Crippen LogP contribution is 2.24. The fourth-order valence-corrected chi connectivity index (χ4v) is 2.31. The molecule has 2 rings (SSSR count). The van der Waals surface area contributed by atoms with Gasteiger partial charge in [-0.25, -0.2) is 18.9 Å². The lowest BCUT2D eigenvalue weighted by atomic mass is 10.3. The van der Waals surface area contributed by atoms with Gasteiger partial charge < -0.3 is 5.11 Å². The molecule has 0 atom stereocenters. The van der Waals surface area contributed by atoms with Crippen LogP contribution in [0.4, 0.5) is 4.39 Å². The Bertz CT molecular complexity index is 685. The van der Waals surface area contributed by atoms with Crippen molar-refractivity contribution < 1.29 is 14.3 Å². The largest absolute Gasteiger partial charge is 0.481 e. The quantitative estimate of drug-likeness (QED) is 0.836. The Hall–Kier alpha value is -1.80. The molecule has 1 aromatic heterocycles. The highest BCUT2D eigenvalue weighted by atomic mass is 35.5. The molecule has 1 aromatic carbocycles. The Morgan fingerprint density at radius 2 is 2.32 bits per heavy atom. The van der Waals surface area contributed by atoms with Crippen LogP contribution < -0.4 is 5.69 Å². The van der Waals surface area contributed by atoms with E-state index in [1.165, 1.54) is 6.07 Å². The van der Waals surface area contributed by atoms with E-state index >= 15 is 0 Å². The number of nitrogens with zero attached hydrogens (tertiary/aromatic N) is 2. The predicted octanol–water partition coefficient (Wildman–Crippen LogP) is 1.53. The SMILES string of the molecule is O=C(O)CSc1n[nH]c(=O)n1-c1ccc(F)cc1Cl. The average molecular weight is 304 g/mol. The molecule has 19 heavy (non-hydrogen) atoms. The van der Waals surface area contributed by atoms with Crippen LogP contribution in [0, 0.1) is 5.82 Å². The van der Waals surface area contributed by atoms with Crippen molar-refractivity contribution in [1.82, 2.24) is 14.8 Å². The van der Waals surface area contributed by atoms with Crippen molar-refractivity contribution in [3.63, 3.8) is 0 Å². The molecule has 0 aliphatic rings. The number of carboxylic acids is 1. The van der Waals surface area contributed by atoms with E-state index in [2.05, 4.69) is 10.2 Å². The molecule has 0 unspecified atom stereocenters. The van der Waals surface area contributed by atoms with Gasteiger partial charge in [-0.1, -0.05) is 23.4 Å².